The maximum absolute atomic E-state index is 13.3. The number of piperazine rings is 1. The van der Waals surface area contributed by atoms with Crippen molar-refractivity contribution in [2.75, 3.05) is 32.7 Å². The van der Waals surface area contributed by atoms with Gasteiger partial charge in [0.05, 0.1) is 6.54 Å². The van der Waals surface area contributed by atoms with Gasteiger partial charge in [0, 0.05) is 44.7 Å². The summed E-state index contributed by atoms with van der Waals surface area (Å²) in [5.74, 6) is 0.463. The largest absolute Gasteiger partial charge is 0.340 e. The summed E-state index contributed by atoms with van der Waals surface area (Å²) in [4.78, 5) is 32.2. The van der Waals surface area contributed by atoms with Gasteiger partial charge in [-0.15, -0.1) is 0 Å². The molecule has 0 N–H and O–H groups in total. The van der Waals surface area contributed by atoms with Crippen molar-refractivity contribution in [3.05, 3.63) is 35.6 Å². The quantitative estimate of drug-likeness (QED) is 0.691. The number of hydrogen-bond acceptors (Lipinski definition) is 3. The molecule has 1 heterocycles. The van der Waals surface area contributed by atoms with Gasteiger partial charge in [-0.1, -0.05) is 44.2 Å². The van der Waals surface area contributed by atoms with E-state index in [-0.39, 0.29) is 23.7 Å². The molecular weight excluding hydrogens is 393 g/mol. The molecule has 1 aliphatic heterocycles. The fourth-order valence-electron chi connectivity index (χ4n) is 5.44. The average molecular weight is 430 g/mol. The summed E-state index contributed by atoms with van der Waals surface area (Å²) in [6.45, 7) is 3.93. The molecule has 0 aromatic heterocycles. The number of halogens is 1. The lowest BCUT2D eigenvalue weighted by Crippen LogP contribution is -2.53. The van der Waals surface area contributed by atoms with Crippen molar-refractivity contribution < 1.29 is 14.0 Å². The number of carbonyl (C=O) groups excluding carboxylic acids is 2. The van der Waals surface area contributed by atoms with Crippen LogP contribution in [-0.2, 0) is 16.1 Å². The Kier molecular flexibility index (Phi) is 7.59. The molecule has 2 saturated carbocycles. The fourth-order valence-corrected chi connectivity index (χ4v) is 5.44. The highest BCUT2D eigenvalue weighted by atomic mass is 19.1. The third-order valence-electron chi connectivity index (χ3n) is 7.35. The number of benzene rings is 1. The van der Waals surface area contributed by atoms with Crippen LogP contribution in [0.25, 0.3) is 0 Å². The molecule has 5 nitrogen and oxygen atoms in total. The Hall–Kier alpha value is -1.95. The second-order valence-electron chi connectivity index (χ2n) is 9.52. The fraction of sp³-hybridized carbons (Fsp3) is 0.680. The van der Waals surface area contributed by atoms with Crippen molar-refractivity contribution in [3.63, 3.8) is 0 Å². The minimum Gasteiger partial charge on any atom is -0.340 e. The molecular formula is C25H36FN3O2. The first-order valence-electron chi connectivity index (χ1n) is 12.2. The van der Waals surface area contributed by atoms with Gasteiger partial charge < -0.3 is 9.80 Å². The molecule has 3 aliphatic rings. The van der Waals surface area contributed by atoms with Crippen molar-refractivity contribution in [1.29, 1.82) is 0 Å². The summed E-state index contributed by atoms with van der Waals surface area (Å²) in [5, 5.41) is 0. The third-order valence-corrected chi connectivity index (χ3v) is 7.35. The first kappa shape index (κ1) is 22.3. The number of carbonyl (C=O) groups is 2. The molecule has 31 heavy (non-hydrogen) atoms. The zero-order valence-electron chi connectivity index (χ0n) is 18.6. The zero-order valence-corrected chi connectivity index (χ0v) is 18.6. The first-order valence-corrected chi connectivity index (χ1v) is 12.2. The number of nitrogens with zero attached hydrogens (tertiary/aromatic N) is 3. The lowest BCUT2D eigenvalue weighted by molar-refractivity contribution is -0.139. The van der Waals surface area contributed by atoms with Crippen LogP contribution in [0.15, 0.2) is 24.3 Å². The highest BCUT2D eigenvalue weighted by Crippen LogP contribution is 2.27. The maximum Gasteiger partial charge on any atom is 0.237 e. The van der Waals surface area contributed by atoms with Crippen LogP contribution in [0, 0.1) is 11.7 Å². The predicted octanol–water partition coefficient (Wildman–Crippen LogP) is 3.82. The Morgan fingerprint density at radius 3 is 2.13 bits per heavy atom. The Labute approximate surface area is 185 Å². The van der Waals surface area contributed by atoms with Crippen molar-refractivity contribution in [2.45, 2.75) is 70.4 Å². The van der Waals surface area contributed by atoms with Gasteiger partial charge in [-0.05, 0) is 43.4 Å². The summed E-state index contributed by atoms with van der Waals surface area (Å²) < 4.78 is 13.3. The monoisotopic (exact) mass is 429 g/mol. The van der Waals surface area contributed by atoms with E-state index in [1.54, 1.807) is 12.1 Å². The molecule has 2 amide bonds. The van der Waals surface area contributed by atoms with Crippen molar-refractivity contribution in [3.8, 4) is 0 Å². The zero-order chi connectivity index (χ0) is 21.6. The first-order chi connectivity index (χ1) is 15.1. The third kappa shape index (κ3) is 5.85. The molecule has 1 saturated heterocycles. The van der Waals surface area contributed by atoms with E-state index < -0.39 is 0 Å². The molecule has 170 valence electrons. The van der Waals surface area contributed by atoms with Crippen LogP contribution in [0.4, 0.5) is 4.39 Å². The molecule has 3 fully saturated rings. The van der Waals surface area contributed by atoms with Gasteiger partial charge in [0.1, 0.15) is 5.82 Å². The van der Waals surface area contributed by atoms with Crippen molar-refractivity contribution in [2.24, 2.45) is 5.92 Å². The highest BCUT2D eigenvalue weighted by molar-refractivity contribution is 5.80. The predicted molar refractivity (Wildman–Crippen MR) is 119 cm³/mol. The lowest BCUT2D eigenvalue weighted by Gasteiger charge is -2.39. The van der Waals surface area contributed by atoms with Crippen LogP contribution in [0.1, 0.15) is 63.4 Å². The summed E-state index contributed by atoms with van der Waals surface area (Å²) in [5.41, 5.74) is 0.979. The lowest BCUT2D eigenvalue weighted by atomic mass is 9.93. The van der Waals surface area contributed by atoms with E-state index in [0.29, 0.717) is 19.0 Å². The smallest absolute Gasteiger partial charge is 0.237 e. The molecule has 0 radical (unpaired) electrons. The second-order valence-corrected chi connectivity index (χ2v) is 9.52. The van der Waals surface area contributed by atoms with Crippen LogP contribution >= 0.6 is 0 Å². The Morgan fingerprint density at radius 1 is 0.871 bits per heavy atom. The van der Waals surface area contributed by atoms with Gasteiger partial charge in [-0.2, -0.15) is 0 Å². The standard InChI is InChI=1S/C25H36FN3O2/c26-22-12-10-20(11-13-22)18-29(23-8-2-1-3-9-23)24(30)19-27-14-16-28(17-15-27)25(31)21-6-4-5-7-21/h10-13,21,23H,1-9,14-19H2. The summed E-state index contributed by atoms with van der Waals surface area (Å²) in [6, 6.07) is 6.79. The van der Waals surface area contributed by atoms with Crippen molar-refractivity contribution in [1.82, 2.24) is 14.7 Å². The minimum absolute atomic E-state index is 0.159. The van der Waals surface area contributed by atoms with E-state index in [2.05, 4.69) is 4.90 Å². The van der Waals surface area contributed by atoms with E-state index in [0.717, 1.165) is 57.4 Å². The summed E-state index contributed by atoms with van der Waals surface area (Å²) >= 11 is 0. The number of rotatable bonds is 6. The number of hydrogen-bond donors (Lipinski definition) is 0. The maximum atomic E-state index is 13.3. The molecule has 2 aliphatic carbocycles. The van der Waals surface area contributed by atoms with Crippen LogP contribution in [0.5, 0.6) is 0 Å². The van der Waals surface area contributed by atoms with E-state index in [1.807, 2.05) is 9.80 Å². The van der Waals surface area contributed by atoms with Gasteiger partial charge in [0.2, 0.25) is 11.8 Å². The van der Waals surface area contributed by atoms with Gasteiger partial charge in [-0.3, -0.25) is 14.5 Å². The normalized spacial score (nSPS) is 21.4. The second kappa shape index (κ2) is 10.6. The molecule has 6 heteroatoms. The Balaban J connectivity index is 1.33. The molecule has 0 bridgehead atoms. The van der Waals surface area contributed by atoms with E-state index in [4.69, 9.17) is 0 Å². The van der Waals surface area contributed by atoms with Crippen LogP contribution in [0.3, 0.4) is 0 Å². The van der Waals surface area contributed by atoms with Crippen molar-refractivity contribution >= 4 is 11.8 Å². The Bertz CT molecular complexity index is 734. The SMILES string of the molecule is O=C(C1CCCC1)N1CCN(CC(=O)N(Cc2ccc(F)cc2)C2CCCCC2)CC1. The van der Waals surface area contributed by atoms with Gasteiger partial charge in [0.25, 0.3) is 0 Å². The van der Waals surface area contributed by atoms with Crippen LogP contribution in [0.2, 0.25) is 0 Å². The minimum atomic E-state index is -0.246. The highest BCUT2D eigenvalue weighted by Gasteiger charge is 2.31. The molecule has 0 unspecified atom stereocenters. The topological polar surface area (TPSA) is 43.9 Å². The molecule has 4 rings (SSSR count). The van der Waals surface area contributed by atoms with E-state index >= 15 is 0 Å². The van der Waals surface area contributed by atoms with Crippen LogP contribution < -0.4 is 0 Å². The van der Waals surface area contributed by atoms with Gasteiger partial charge in [0.15, 0.2) is 0 Å². The van der Waals surface area contributed by atoms with Crippen LogP contribution in [-0.4, -0.2) is 65.3 Å². The summed E-state index contributed by atoms with van der Waals surface area (Å²) in [7, 11) is 0. The molecule has 1 aromatic rings. The average Bonchev–Trinajstić information content (AvgIpc) is 3.34. The Morgan fingerprint density at radius 2 is 1.48 bits per heavy atom. The molecule has 0 spiro atoms. The number of amides is 2. The molecule has 1 aromatic carbocycles. The summed E-state index contributed by atoms with van der Waals surface area (Å²) in [6.07, 6.45) is 10.1. The van der Waals surface area contributed by atoms with Gasteiger partial charge >= 0.3 is 0 Å². The van der Waals surface area contributed by atoms with E-state index in [1.165, 1.54) is 44.2 Å². The van der Waals surface area contributed by atoms with Gasteiger partial charge in [-0.25, -0.2) is 4.39 Å². The molecule has 0 atom stereocenters. The van der Waals surface area contributed by atoms with E-state index in [9.17, 15) is 14.0 Å².